The van der Waals surface area contributed by atoms with Gasteiger partial charge < -0.3 is 10.2 Å². The molecule has 1 atom stereocenters. The fraction of sp³-hybridized carbons (Fsp3) is 0.750. The maximum absolute atomic E-state index is 4.73. The number of nitrogens with one attached hydrogen (secondary N) is 1. The Morgan fingerprint density at radius 1 is 1.20 bits per heavy atom. The van der Waals surface area contributed by atoms with E-state index in [1.54, 1.807) is 0 Å². The third-order valence-corrected chi connectivity index (χ3v) is 4.10. The molecular formula is C16H28N4. The first-order chi connectivity index (χ1) is 9.63. The number of hydrogen-bond acceptors (Lipinski definition) is 4. The highest BCUT2D eigenvalue weighted by molar-refractivity contribution is 5.59. The van der Waals surface area contributed by atoms with E-state index in [-0.39, 0.29) is 0 Å². The maximum Gasteiger partial charge on any atom is 0.137 e. The molecule has 0 radical (unpaired) electrons. The lowest BCUT2D eigenvalue weighted by atomic mass is 10.1. The number of nitrogens with zero attached hydrogens (tertiary/aromatic N) is 3. The summed E-state index contributed by atoms with van der Waals surface area (Å²) in [5, 5.41) is 3.44. The van der Waals surface area contributed by atoms with Gasteiger partial charge in [0, 0.05) is 24.7 Å². The Hall–Kier alpha value is -1.32. The first-order valence-corrected chi connectivity index (χ1v) is 7.99. The van der Waals surface area contributed by atoms with Crippen LogP contribution >= 0.6 is 0 Å². The zero-order valence-electron chi connectivity index (χ0n) is 13.4. The summed E-state index contributed by atoms with van der Waals surface area (Å²) < 4.78 is 0. The molecule has 1 aliphatic heterocycles. The molecule has 112 valence electrons. The monoisotopic (exact) mass is 276 g/mol. The highest BCUT2D eigenvalue weighted by atomic mass is 15.2. The molecule has 20 heavy (non-hydrogen) atoms. The molecule has 1 saturated heterocycles. The average molecular weight is 276 g/mol. The third kappa shape index (κ3) is 3.41. The minimum Gasteiger partial charge on any atom is -0.370 e. The van der Waals surface area contributed by atoms with Gasteiger partial charge in [0.1, 0.15) is 17.5 Å². The van der Waals surface area contributed by atoms with Crippen molar-refractivity contribution in [3.05, 3.63) is 11.4 Å². The molecule has 1 unspecified atom stereocenters. The molecular weight excluding hydrogens is 248 g/mol. The van der Waals surface area contributed by atoms with Crippen molar-refractivity contribution in [3.63, 3.8) is 0 Å². The van der Waals surface area contributed by atoms with Gasteiger partial charge in [-0.3, -0.25) is 0 Å². The van der Waals surface area contributed by atoms with E-state index >= 15 is 0 Å². The summed E-state index contributed by atoms with van der Waals surface area (Å²) in [6.45, 7) is 10.7. The summed E-state index contributed by atoms with van der Waals surface area (Å²) in [6, 6.07) is 0.574. The lowest BCUT2D eigenvalue weighted by molar-refractivity contribution is 0.608. The largest absolute Gasteiger partial charge is 0.370 e. The molecule has 0 spiro atoms. The fourth-order valence-electron chi connectivity index (χ4n) is 2.90. The van der Waals surface area contributed by atoms with E-state index in [9.17, 15) is 0 Å². The lowest BCUT2D eigenvalue weighted by Crippen LogP contribution is -2.34. The van der Waals surface area contributed by atoms with E-state index in [2.05, 4.69) is 36.0 Å². The van der Waals surface area contributed by atoms with Gasteiger partial charge in [-0.2, -0.15) is 0 Å². The van der Waals surface area contributed by atoms with Gasteiger partial charge in [0.2, 0.25) is 0 Å². The predicted molar refractivity (Wildman–Crippen MR) is 85.6 cm³/mol. The Kier molecular flexibility index (Phi) is 5.21. The Morgan fingerprint density at radius 2 is 2.00 bits per heavy atom. The van der Waals surface area contributed by atoms with Crippen LogP contribution in [-0.2, 0) is 0 Å². The summed E-state index contributed by atoms with van der Waals surface area (Å²) in [4.78, 5) is 11.8. The fourth-order valence-corrected chi connectivity index (χ4v) is 2.90. The predicted octanol–water partition coefficient (Wildman–Crippen LogP) is 3.68. The molecule has 0 amide bonds. The van der Waals surface area contributed by atoms with Crippen LogP contribution in [0, 0.1) is 13.8 Å². The van der Waals surface area contributed by atoms with Gasteiger partial charge in [0.05, 0.1) is 0 Å². The van der Waals surface area contributed by atoms with E-state index in [0.717, 1.165) is 37.0 Å². The van der Waals surface area contributed by atoms with Crippen molar-refractivity contribution >= 4 is 11.6 Å². The zero-order chi connectivity index (χ0) is 14.5. The van der Waals surface area contributed by atoms with Gasteiger partial charge >= 0.3 is 0 Å². The van der Waals surface area contributed by atoms with E-state index in [1.165, 1.54) is 31.2 Å². The summed E-state index contributed by atoms with van der Waals surface area (Å²) in [5.41, 5.74) is 1.19. The van der Waals surface area contributed by atoms with Crippen molar-refractivity contribution < 1.29 is 0 Å². The quantitative estimate of drug-likeness (QED) is 0.910. The Labute approximate surface area is 123 Å². The van der Waals surface area contributed by atoms with Crippen LogP contribution < -0.4 is 10.2 Å². The van der Waals surface area contributed by atoms with Crippen molar-refractivity contribution in [2.45, 2.75) is 65.8 Å². The minimum atomic E-state index is 0.574. The molecule has 0 saturated carbocycles. The van der Waals surface area contributed by atoms with E-state index in [0.29, 0.717) is 6.04 Å². The van der Waals surface area contributed by atoms with Gasteiger partial charge in [-0.1, -0.05) is 19.8 Å². The van der Waals surface area contributed by atoms with Crippen LogP contribution in [-0.4, -0.2) is 29.1 Å². The molecule has 0 aromatic carbocycles. The molecule has 1 aromatic heterocycles. The molecule has 1 aliphatic rings. The number of rotatable bonds is 4. The van der Waals surface area contributed by atoms with Gasteiger partial charge in [-0.25, -0.2) is 9.97 Å². The average Bonchev–Trinajstić information content (AvgIpc) is 2.64. The Bertz CT molecular complexity index is 444. The minimum absolute atomic E-state index is 0.574. The highest BCUT2D eigenvalue weighted by Gasteiger charge is 2.22. The van der Waals surface area contributed by atoms with E-state index in [4.69, 9.17) is 4.98 Å². The van der Waals surface area contributed by atoms with Crippen molar-refractivity contribution in [2.24, 2.45) is 0 Å². The lowest BCUT2D eigenvalue weighted by Gasteiger charge is -2.30. The second kappa shape index (κ2) is 6.91. The molecule has 0 aliphatic carbocycles. The van der Waals surface area contributed by atoms with Crippen LogP contribution in [0.5, 0.6) is 0 Å². The molecule has 4 heteroatoms. The maximum atomic E-state index is 4.73. The number of hydrogen-bond donors (Lipinski definition) is 1. The third-order valence-electron chi connectivity index (χ3n) is 4.10. The Morgan fingerprint density at radius 3 is 2.75 bits per heavy atom. The van der Waals surface area contributed by atoms with Crippen molar-refractivity contribution in [2.75, 3.05) is 23.3 Å². The normalized spacial score (nSPS) is 19.8. The van der Waals surface area contributed by atoms with Crippen LogP contribution in [0.1, 0.15) is 57.3 Å². The molecule has 2 rings (SSSR count). The van der Waals surface area contributed by atoms with Gasteiger partial charge in [-0.05, 0) is 40.0 Å². The van der Waals surface area contributed by atoms with E-state index < -0.39 is 0 Å². The number of anilines is 2. The molecule has 0 bridgehead atoms. The number of aryl methyl sites for hydroxylation is 1. The first-order valence-electron chi connectivity index (χ1n) is 7.99. The van der Waals surface area contributed by atoms with Crippen molar-refractivity contribution in [3.8, 4) is 0 Å². The van der Waals surface area contributed by atoms with Crippen LogP contribution in [0.15, 0.2) is 0 Å². The zero-order valence-corrected chi connectivity index (χ0v) is 13.4. The Balaban J connectivity index is 2.31. The smallest absolute Gasteiger partial charge is 0.137 e. The van der Waals surface area contributed by atoms with Crippen LogP contribution in [0.25, 0.3) is 0 Å². The van der Waals surface area contributed by atoms with E-state index in [1.807, 2.05) is 6.92 Å². The second-order valence-electron chi connectivity index (χ2n) is 5.89. The van der Waals surface area contributed by atoms with Gasteiger partial charge in [-0.15, -0.1) is 0 Å². The molecule has 1 N–H and O–H groups in total. The SMILES string of the molecule is CCCNc1nc(C)nc(N2CCCCCC2C)c1C. The molecule has 1 aromatic rings. The summed E-state index contributed by atoms with van der Waals surface area (Å²) in [5.74, 6) is 3.00. The highest BCUT2D eigenvalue weighted by Crippen LogP contribution is 2.28. The van der Waals surface area contributed by atoms with Crippen molar-refractivity contribution in [1.29, 1.82) is 0 Å². The number of aromatic nitrogens is 2. The van der Waals surface area contributed by atoms with Gasteiger partial charge in [0.15, 0.2) is 0 Å². The second-order valence-corrected chi connectivity index (χ2v) is 5.89. The summed E-state index contributed by atoms with van der Waals surface area (Å²) >= 11 is 0. The topological polar surface area (TPSA) is 41.1 Å². The molecule has 1 fully saturated rings. The standard InChI is InChI=1S/C16H28N4/c1-5-10-17-15-13(3)16(19-14(4)18-15)20-11-8-6-7-9-12(20)2/h12H,5-11H2,1-4H3,(H,17,18,19). The van der Waals surface area contributed by atoms with Crippen LogP contribution in [0.2, 0.25) is 0 Å². The molecule has 2 heterocycles. The summed E-state index contributed by atoms with van der Waals surface area (Å²) in [7, 11) is 0. The van der Waals surface area contributed by atoms with Crippen LogP contribution in [0.4, 0.5) is 11.6 Å². The van der Waals surface area contributed by atoms with Crippen molar-refractivity contribution in [1.82, 2.24) is 9.97 Å². The molecule has 4 nitrogen and oxygen atoms in total. The summed E-state index contributed by atoms with van der Waals surface area (Å²) in [6.07, 6.45) is 6.31. The first kappa shape index (κ1) is 15.1. The van der Waals surface area contributed by atoms with Gasteiger partial charge in [0.25, 0.3) is 0 Å². The van der Waals surface area contributed by atoms with Crippen LogP contribution in [0.3, 0.4) is 0 Å².